The molecule has 2 aliphatic rings. The minimum atomic E-state index is 0.138. The number of hydrogen-bond acceptors (Lipinski definition) is 5. The molecule has 1 aliphatic heterocycles. The molecular formula is C18H23N3O2S. The van der Waals surface area contributed by atoms with Crippen LogP contribution in [0.1, 0.15) is 32.1 Å². The Morgan fingerprint density at radius 1 is 1.29 bits per heavy atom. The van der Waals surface area contributed by atoms with Crippen LogP contribution in [0.15, 0.2) is 18.2 Å². The monoisotopic (exact) mass is 345 g/mol. The van der Waals surface area contributed by atoms with Crippen LogP contribution in [-0.2, 0) is 9.53 Å². The number of nitrogens with zero attached hydrogens (tertiary/aromatic N) is 2. The van der Waals surface area contributed by atoms with Gasteiger partial charge in [-0.05, 0) is 37.0 Å². The molecular weight excluding hydrogens is 322 g/mol. The highest BCUT2D eigenvalue weighted by molar-refractivity contribution is 7.22. The molecule has 24 heavy (non-hydrogen) atoms. The van der Waals surface area contributed by atoms with E-state index in [2.05, 4.69) is 10.2 Å². The second kappa shape index (κ2) is 7.07. The number of morpholine rings is 1. The summed E-state index contributed by atoms with van der Waals surface area (Å²) in [6.07, 6.45) is 5.60. The maximum absolute atomic E-state index is 12.2. The number of aromatic nitrogens is 1. The van der Waals surface area contributed by atoms with Crippen molar-refractivity contribution in [2.45, 2.75) is 32.1 Å². The third-order valence-electron chi connectivity index (χ3n) is 4.89. The predicted octanol–water partition coefficient (Wildman–Crippen LogP) is 3.65. The quantitative estimate of drug-likeness (QED) is 0.919. The molecule has 1 saturated carbocycles. The lowest BCUT2D eigenvalue weighted by Gasteiger charge is -2.25. The second-order valence-electron chi connectivity index (χ2n) is 6.68. The summed E-state index contributed by atoms with van der Waals surface area (Å²) in [4.78, 5) is 19.2. The number of carbonyl (C=O) groups is 1. The van der Waals surface area contributed by atoms with E-state index in [0.29, 0.717) is 12.3 Å². The van der Waals surface area contributed by atoms with Crippen molar-refractivity contribution >= 4 is 38.3 Å². The van der Waals surface area contributed by atoms with E-state index in [1.54, 1.807) is 11.3 Å². The van der Waals surface area contributed by atoms with Gasteiger partial charge in [0.25, 0.3) is 0 Å². The summed E-state index contributed by atoms with van der Waals surface area (Å²) in [6.45, 7) is 3.31. The fourth-order valence-corrected chi connectivity index (χ4v) is 4.63. The van der Waals surface area contributed by atoms with Gasteiger partial charge in [-0.1, -0.05) is 24.2 Å². The maximum atomic E-state index is 12.2. The van der Waals surface area contributed by atoms with Crippen LogP contribution in [0.4, 0.5) is 10.8 Å². The van der Waals surface area contributed by atoms with E-state index in [1.165, 1.54) is 25.7 Å². The number of nitrogens with one attached hydrogen (secondary N) is 1. The van der Waals surface area contributed by atoms with Gasteiger partial charge in [0.2, 0.25) is 5.91 Å². The van der Waals surface area contributed by atoms with Crippen LogP contribution in [-0.4, -0.2) is 37.2 Å². The van der Waals surface area contributed by atoms with Crippen molar-refractivity contribution in [3.63, 3.8) is 0 Å². The molecule has 1 N–H and O–H groups in total. The Hall–Kier alpha value is -1.66. The van der Waals surface area contributed by atoms with E-state index < -0.39 is 0 Å². The van der Waals surface area contributed by atoms with Crippen LogP contribution >= 0.6 is 11.3 Å². The van der Waals surface area contributed by atoms with Crippen molar-refractivity contribution in [2.24, 2.45) is 5.92 Å². The molecule has 2 fully saturated rings. The van der Waals surface area contributed by atoms with Gasteiger partial charge < -0.3 is 15.0 Å². The highest BCUT2D eigenvalue weighted by Crippen LogP contribution is 2.32. The highest BCUT2D eigenvalue weighted by atomic mass is 32.1. The molecule has 0 atom stereocenters. The van der Waals surface area contributed by atoms with Crippen LogP contribution < -0.4 is 10.2 Å². The number of benzene rings is 1. The molecule has 1 saturated heterocycles. The standard InChI is InChI=1S/C18H23N3O2S/c22-17(11-13-3-1-2-4-13)19-14-5-6-15-16(12-14)24-18(20-15)21-7-9-23-10-8-21/h5-6,12-13H,1-4,7-11H2,(H,19,22). The van der Waals surface area contributed by atoms with Crippen molar-refractivity contribution in [3.8, 4) is 0 Å². The SMILES string of the molecule is O=C(CC1CCCC1)Nc1ccc2nc(N3CCOCC3)sc2c1. The Labute approximate surface area is 146 Å². The number of hydrogen-bond donors (Lipinski definition) is 1. The highest BCUT2D eigenvalue weighted by Gasteiger charge is 2.19. The molecule has 1 aromatic heterocycles. The van der Waals surface area contributed by atoms with E-state index in [-0.39, 0.29) is 5.91 Å². The number of ether oxygens (including phenoxy) is 1. The van der Waals surface area contributed by atoms with Gasteiger partial charge in [0.15, 0.2) is 5.13 Å². The van der Waals surface area contributed by atoms with E-state index in [1.807, 2.05) is 18.2 Å². The summed E-state index contributed by atoms with van der Waals surface area (Å²) in [7, 11) is 0. The summed E-state index contributed by atoms with van der Waals surface area (Å²) < 4.78 is 6.52. The lowest BCUT2D eigenvalue weighted by molar-refractivity contribution is -0.117. The minimum Gasteiger partial charge on any atom is -0.378 e. The number of amides is 1. The van der Waals surface area contributed by atoms with Gasteiger partial charge in [0.05, 0.1) is 23.4 Å². The fraction of sp³-hybridized carbons (Fsp3) is 0.556. The zero-order valence-corrected chi connectivity index (χ0v) is 14.6. The number of thiazole rings is 1. The first kappa shape index (κ1) is 15.8. The van der Waals surface area contributed by atoms with E-state index in [4.69, 9.17) is 9.72 Å². The average Bonchev–Trinajstić information content (AvgIpc) is 3.24. The molecule has 2 aromatic rings. The van der Waals surface area contributed by atoms with Gasteiger partial charge in [0, 0.05) is 25.2 Å². The molecule has 1 amide bonds. The molecule has 0 bridgehead atoms. The largest absolute Gasteiger partial charge is 0.378 e. The third-order valence-corrected chi connectivity index (χ3v) is 5.97. The molecule has 4 rings (SSSR count). The average molecular weight is 345 g/mol. The minimum absolute atomic E-state index is 0.138. The molecule has 6 heteroatoms. The van der Waals surface area contributed by atoms with Crippen molar-refractivity contribution in [2.75, 3.05) is 36.5 Å². The predicted molar refractivity (Wildman–Crippen MR) is 97.9 cm³/mol. The molecule has 5 nitrogen and oxygen atoms in total. The third kappa shape index (κ3) is 3.54. The van der Waals surface area contributed by atoms with Gasteiger partial charge in [-0.15, -0.1) is 0 Å². The number of anilines is 2. The van der Waals surface area contributed by atoms with E-state index in [9.17, 15) is 4.79 Å². The Bertz CT molecular complexity index is 718. The van der Waals surface area contributed by atoms with Crippen LogP contribution in [0.3, 0.4) is 0 Å². The molecule has 1 aromatic carbocycles. The lowest BCUT2D eigenvalue weighted by Crippen LogP contribution is -2.36. The maximum Gasteiger partial charge on any atom is 0.224 e. The molecule has 0 unspecified atom stereocenters. The van der Waals surface area contributed by atoms with Crippen molar-refractivity contribution < 1.29 is 9.53 Å². The number of rotatable bonds is 4. The van der Waals surface area contributed by atoms with Gasteiger partial charge >= 0.3 is 0 Å². The zero-order chi connectivity index (χ0) is 16.4. The number of fused-ring (bicyclic) bond motifs is 1. The van der Waals surface area contributed by atoms with Gasteiger partial charge in [-0.3, -0.25) is 4.79 Å². The summed E-state index contributed by atoms with van der Waals surface area (Å²) in [5.74, 6) is 0.712. The molecule has 128 valence electrons. The van der Waals surface area contributed by atoms with E-state index in [0.717, 1.165) is 47.3 Å². The van der Waals surface area contributed by atoms with Crippen molar-refractivity contribution in [1.29, 1.82) is 0 Å². The van der Waals surface area contributed by atoms with Crippen molar-refractivity contribution in [1.82, 2.24) is 4.98 Å². The first-order chi connectivity index (χ1) is 11.8. The Kier molecular flexibility index (Phi) is 4.67. The molecule has 0 radical (unpaired) electrons. The van der Waals surface area contributed by atoms with E-state index >= 15 is 0 Å². The second-order valence-corrected chi connectivity index (χ2v) is 7.69. The summed E-state index contributed by atoms with van der Waals surface area (Å²) >= 11 is 1.69. The summed E-state index contributed by atoms with van der Waals surface area (Å²) in [5, 5.41) is 4.10. The Balaban J connectivity index is 1.45. The van der Waals surface area contributed by atoms with Crippen molar-refractivity contribution in [3.05, 3.63) is 18.2 Å². The van der Waals surface area contributed by atoms with Crippen LogP contribution in [0.5, 0.6) is 0 Å². The molecule has 0 spiro atoms. The Morgan fingerprint density at radius 2 is 2.08 bits per heavy atom. The van der Waals surface area contributed by atoms with Gasteiger partial charge in [-0.2, -0.15) is 0 Å². The number of carbonyl (C=O) groups excluding carboxylic acids is 1. The Morgan fingerprint density at radius 3 is 2.88 bits per heavy atom. The summed E-state index contributed by atoms with van der Waals surface area (Å²) in [6, 6.07) is 6.00. The molecule has 2 heterocycles. The normalized spacial score (nSPS) is 19.1. The smallest absolute Gasteiger partial charge is 0.224 e. The first-order valence-electron chi connectivity index (χ1n) is 8.81. The van der Waals surface area contributed by atoms with Crippen LogP contribution in [0.2, 0.25) is 0 Å². The lowest BCUT2D eigenvalue weighted by atomic mass is 10.0. The summed E-state index contributed by atoms with van der Waals surface area (Å²) in [5.41, 5.74) is 1.87. The van der Waals surface area contributed by atoms with Crippen LogP contribution in [0.25, 0.3) is 10.2 Å². The fourth-order valence-electron chi connectivity index (χ4n) is 3.57. The van der Waals surface area contributed by atoms with Gasteiger partial charge in [0.1, 0.15) is 0 Å². The topological polar surface area (TPSA) is 54.5 Å². The first-order valence-corrected chi connectivity index (χ1v) is 9.63. The van der Waals surface area contributed by atoms with Gasteiger partial charge in [-0.25, -0.2) is 4.98 Å². The molecule has 1 aliphatic carbocycles. The zero-order valence-electron chi connectivity index (χ0n) is 13.8. The van der Waals surface area contributed by atoms with Crippen LogP contribution in [0, 0.1) is 5.92 Å².